The third kappa shape index (κ3) is 1.95. The van der Waals surface area contributed by atoms with Crippen molar-refractivity contribution in [3.63, 3.8) is 0 Å². The molecule has 5 nitrogen and oxygen atoms in total. The second-order valence-electron chi connectivity index (χ2n) is 5.84. The molecule has 1 saturated carbocycles. The number of fused-ring (bicyclic) bond motifs is 1. The van der Waals surface area contributed by atoms with Crippen molar-refractivity contribution in [3.05, 3.63) is 30.0 Å². The van der Waals surface area contributed by atoms with E-state index in [2.05, 4.69) is 46.9 Å². The zero-order valence-electron chi connectivity index (χ0n) is 12.5. The second kappa shape index (κ2) is 4.69. The molecule has 21 heavy (non-hydrogen) atoms. The maximum absolute atomic E-state index is 4.76. The summed E-state index contributed by atoms with van der Waals surface area (Å²) in [6.45, 7) is 5.13. The van der Waals surface area contributed by atoms with Gasteiger partial charge in [-0.1, -0.05) is 11.3 Å². The monoisotopic (exact) mass is 281 g/mol. The summed E-state index contributed by atoms with van der Waals surface area (Å²) >= 11 is 0. The molecule has 108 valence electrons. The summed E-state index contributed by atoms with van der Waals surface area (Å²) in [5.74, 6) is 0.920. The highest BCUT2D eigenvalue weighted by atomic mass is 15.4. The lowest BCUT2D eigenvalue weighted by Crippen LogP contribution is -2.17. The average molecular weight is 281 g/mol. The molecule has 0 N–H and O–H groups in total. The summed E-state index contributed by atoms with van der Waals surface area (Å²) < 4.78 is 4.22. The third-order valence-corrected chi connectivity index (χ3v) is 4.41. The number of aryl methyl sites for hydroxylation is 2. The van der Waals surface area contributed by atoms with Crippen LogP contribution in [0.25, 0.3) is 22.6 Å². The minimum atomic E-state index is 0.535. The molecule has 0 atom stereocenters. The maximum atomic E-state index is 4.76. The third-order valence-electron chi connectivity index (χ3n) is 4.41. The predicted molar refractivity (Wildman–Crippen MR) is 82.0 cm³/mol. The van der Waals surface area contributed by atoms with Gasteiger partial charge < -0.3 is 4.57 Å². The van der Waals surface area contributed by atoms with Crippen LogP contribution in [0.2, 0.25) is 0 Å². The van der Waals surface area contributed by atoms with Crippen LogP contribution in [0.5, 0.6) is 0 Å². The predicted octanol–water partition coefficient (Wildman–Crippen LogP) is 3.35. The van der Waals surface area contributed by atoms with Crippen molar-refractivity contribution in [2.24, 2.45) is 0 Å². The largest absolute Gasteiger partial charge is 0.323 e. The van der Waals surface area contributed by atoms with Gasteiger partial charge >= 0.3 is 0 Å². The highest BCUT2D eigenvalue weighted by Crippen LogP contribution is 2.32. The quantitative estimate of drug-likeness (QED) is 0.739. The Morgan fingerprint density at radius 3 is 2.86 bits per heavy atom. The van der Waals surface area contributed by atoms with Gasteiger partial charge in [-0.3, -0.25) is 0 Å². The van der Waals surface area contributed by atoms with Crippen molar-refractivity contribution in [3.8, 4) is 11.5 Å². The van der Waals surface area contributed by atoms with Crippen molar-refractivity contribution < 1.29 is 0 Å². The van der Waals surface area contributed by atoms with E-state index in [1.54, 1.807) is 0 Å². The summed E-state index contributed by atoms with van der Waals surface area (Å²) in [5.41, 5.74) is 4.32. The molecule has 0 unspecified atom stereocenters. The molecule has 1 aliphatic rings. The molecule has 0 spiro atoms. The van der Waals surface area contributed by atoms with Crippen molar-refractivity contribution >= 4 is 11.0 Å². The first-order valence-corrected chi connectivity index (χ1v) is 7.65. The number of imidazole rings is 1. The standard InChI is InChI=1S/C16H19N5/c1-3-20-15-9-11(2)7-8-13(15)17-16(20)14-10-21(19-18-14)12-5-4-6-12/h7-10,12H,3-6H2,1-2H3. The summed E-state index contributed by atoms with van der Waals surface area (Å²) in [6, 6.07) is 6.90. The molecule has 0 radical (unpaired) electrons. The minimum absolute atomic E-state index is 0.535. The molecule has 4 rings (SSSR count). The number of hydrogen-bond acceptors (Lipinski definition) is 3. The molecule has 1 fully saturated rings. The molecule has 0 amide bonds. The number of benzene rings is 1. The summed E-state index contributed by atoms with van der Waals surface area (Å²) in [6.07, 6.45) is 5.77. The Hall–Kier alpha value is -2.17. The lowest BCUT2D eigenvalue weighted by Gasteiger charge is -2.24. The van der Waals surface area contributed by atoms with Gasteiger partial charge in [0, 0.05) is 6.54 Å². The molecule has 3 aromatic rings. The van der Waals surface area contributed by atoms with Crippen LogP contribution in [-0.4, -0.2) is 24.5 Å². The first-order chi connectivity index (χ1) is 10.3. The molecular weight excluding hydrogens is 262 g/mol. The first-order valence-electron chi connectivity index (χ1n) is 7.65. The highest BCUT2D eigenvalue weighted by Gasteiger charge is 2.22. The number of rotatable bonds is 3. The average Bonchev–Trinajstić information content (AvgIpc) is 3.00. The van der Waals surface area contributed by atoms with Gasteiger partial charge in [0.25, 0.3) is 0 Å². The van der Waals surface area contributed by atoms with Gasteiger partial charge in [0.05, 0.1) is 23.3 Å². The first kappa shape index (κ1) is 12.6. The molecule has 2 heterocycles. The molecule has 1 aliphatic carbocycles. The Morgan fingerprint density at radius 1 is 1.29 bits per heavy atom. The summed E-state index contributed by atoms with van der Waals surface area (Å²) in [5, 5.41) is 8.64. The van der Waals surface area contributed by atoms with Crippen LogP contribution < -0.4 is 0 Å². The Bertz CT molecular complexity index is 794. The van der Waals surface area contributed by atoms with E-state index in [1.165, 1.54) is 30.3 Å². The van der Waals surface area contributed by atoms with Crippen LogP contribution in [0, 0.1) is 6.92 Å². The van der Waals surface area contributed by atoms with Crippen molar-refractivity contribution in [1.29, 1.82) is 0 Å². The topological polar surface area (TPSA) is 48.5 Å². The van der Waals surface area contributed by atoms with E-state index in [9.17, 15) is 0 Å². The molecular formula is C16H19N5. The molecule has 5 heteroatoms. The summed E-state index contributed by atoms with van der Waals surface area (Å²) in [4.78, 5) is 4.76. The fourth-order valence-electron chi connectivity index (χ4n) is 2.96. The maximum Gasteiger partial charge on any atom is 0.163 e. The van der Waals surface area contributed by atoms with Crippen LogP contribution >= 0.6 is 0 Å². The van der Waals surface area contributed by atoms with Crippen LogP contribution in [-0.2, 0) is 6.54 Å². The van der Waals surface area contributed by atoms with Crippen LogP contribution in [0.3, 0.4) is 0 Å². The fourth-order valence-corrected chi connectivity index (χ4v) is 2.96. The van der Waals surface area contributed by atoms with E-state index in [-0.39, 0.29) is 0 Å². The van der Waals surface area contributed by atoms with E-state index in [0.717, 1.165) is 23.6 Å². The number of nitrogens with zero attached hydrogens (tertiary/aromatic N) is 5. The van der Waals surface area contributed by atoms with Gasteiger partial charge in [-0.05, 0) is 50.8 Å². The minimum Gasteiger partial charge on any atom is -0.323 e. The van der Waals surface area contributed by atoms with Crippen LogP contribution in [0.15, 0.2) is 24.4 Å². The Morgan fingerprint density at radius 2 is 2.14 bits per heavy atom. The van der Waals surface area contributed by atoms with Gasteiger partial charge in [-0.15, -0.1) is 5.10 Å². The molecule has 0 saturated heterocycles. The molecule has 0 bridgehead atoms. The zero-order valence-corrected chi connectivity index (χ0v) is 12.5. The van der Waals surface area contributed by atoms with Gasteiger partial charge in [0.2, 0.25) is 0 Å². The highest BCUT2D eigenvalue weighted by molar-refractivity contribution is 5.80. The zero-order chi connectivity index (χ0) is 14.4. The van der Waals surface area contributed by atoms with Gasteiger partial charge in [-0.25, -0.2) is 9.67 Å². The lowest BCUT2D eigenvalue weighted by atomic mass is 9.93. The Kier molecular flexibility index (Phi) is 2.80. The number of aromatic nitrogens is 5. The Balaban J connectivity index is 1.83. The van der Waals surface area contributed by atoms with Crippen LogP contribution in [0.1, 0.15) is 37.8 Å². The van der Waals surface area contributed by atoms with Gasteiger partial charge in [-0.2, -0.15) is 0 Å². The van der Waals surface area contributed by atoms with E-state index >= 15 is 0 Å². The SMILES string of the molecule is CCn1c(-c2cn(C3CCC3)nn2)nc2ccc(C)cc21. The lowest BCUT2D eigenvalue weighted by molar-refractivity contribution is 0.284. The normalized spacial score (nSPS) is 15.5. The van der Waals surface area contributed by atoms with E-state index in [1.807, 2.05) is 10.9 Å². The van der Waals surface area contributed by atoms with E-state index in [0.29, 0.717) is 6.04 Å². The van der Waals surface area contributed by atoms with E-state index < -0.39 is 0 Å². The van der Waals surface area contributed by atoms with E-state index in [4.69, 9.17) is 4.98 Å². The Labute approximate surface area is 123 Å². The van der Waals surface area contributed by atoms with Crippen molar-refractivity contribution in [2.75, 3.05) is 0 Å². The van der Waals surface area contributed by atoms with Crippen LogP contribution in [0.4, 0.5) is 0 Å². The molecule has 2 aromatic heterocycles. The fraction of sp³-hybridized carbons (Fsp3) is 0.438. The smallest absolute Gasteiger partial charge is 0.163 e. The second-order valence-corrected chi connectivity index (χ2v) is 5.84. The van der Waals surface area contributed by atoms with Gasteiger partial charge in [0.15, 0.2) is 5.82 Å². The van der Waals surface area contributed by atoms with Crippen molar-refractivity contribution in [2.45, 2.75) is 45.7 Å². The summed E-state index contributed by atoms with van der Waals surface area (Å²) in [7, 11) is 0. The molecule has 1 aromatic carbocycles. The van der Waals surface area contributed by atoms with Gasteiger partial charge in [0.1, 0.15) is 5.69 Å². The number of hydrogen-bond donors (Lipinski definition) is 0. The van der Waals surface area contributed by atoms with Crippen molar-refractivity contribution in [1.82, 2.24) is 24.5 Å². The molecule has 0 aliphatic heterocycles.